The fourth-order valence-corrected chi connectivity index (χ4v) is 0.482. The van der Waals surface area contributed by atoms with Gasteiger partial charge in [0.05, 0.1) is 0 Å². The summed E-state index contributed by atoms with van der Waals surface area (Å²) in [5.74, 6) is 0. The molecular weight excluding hydrogens is 274 g/mol. The van der Waals surface area contributed by atoms with E-state index in [-0.39, 0.29) is 51.4 Å². The van der Waals surface area contributed by atoms with E-state index in [9.17, 15) is 44.6 Å². The smallest absolute Gasteiger partial charge is 0.830 e. The third-order valence-corrected chi connectivity index (χ3v) is 1.20. The van der Waals surface area contributed by atoms with Crippen molar-refractivity contribution >= 4 is 0 Å². The largest absolute Gasteiger partial charge is 1.00 e. The topological polar surface area (TPSA) is 23.1 Å². The monoisotopic (exact) mass is 274 g/mol. The van der Waals surface area contributed by atoms with Gasteiger partial charge in [-0.05, 0) is 0 Å². The Morgan fingerprint density at radius 1 is 0.533 bits per heavy atom. The zero-order valence-electron chi connectivity index (χ0n) is 6.81. The van der Waals surface area contributed by atoms with Gasteiger partial charge in [-0.3, -0.25) is 0 Å². The molecular formula is C4F9KO. The minimum Gasteiger partial charge on any atom is -0.830 e. The molecule has 0 saturated heterocycles. The van der Waals surface area contributed by atoms with Crippen LogP contribution in [0.3, 0.4) is 0 Å². The van der Waals surface area contributed by atoms with Crippen molar-refractivity contribution in [1.29, 1.82) is 0 Å². The van der Waals surface area contributed by atoms with Crippen LogP contribution in [-0.2, 0) is 0 Å². The summed E-state index contributed by atoms with van der Waals surface area (Å²) >= 11 is 0. The van der Waals surface area contributed by atoms with Crippen LogP contribution in [0, 0.1) is 0 Å². The molecule has 0 aromatic heterocycles. The van der Waals surface area contributed by atoms with Crippen LogP contribution in [0.1, 0.15) is 0 Å². The predicted molar refractivity (Wildman–Crippen MR) is 20.9 cm³/mol. The first kappa shape index (κ1) is 18.3. The van der Waals surface area contributed by atoms with Crippen LogP contribution >= 0.6 is 0 Å². The second-order valence-electron chi connectivity index (χ2n) is 2.17. The summed E-state index contributed by atoms with van der Waals surface area (Å²) in [5.41, 5.74) is -6.94. The molecule has 0 rings (SSSR count). The molecule has 11 heteroatoms. The van der Waals surface area contributed by atoms with E-state index in [1.54, 1.807) is 0 Å². The average Bonchev–Trinajstić information content (AvgIpc) is 1.77. The van der Waals surface area contributed by atoms with Crippen molar-refractivity contribution in [2.75, 3.05) is 0 Å². The van der Waals surface area contributed by atoms with Crippen LogP contribution in [0.5, 0.6) is 0 Å². The van der Waals surface area contributed by atoms with Crippen LogP contribution in [0.25, 0.3) is 0 Å². The molecule has 15 heavy (non-hydrogen) atoms. The zero-order valence-corrected chi connectivity index (χ0v) is 9.93. The van der Waals surface area contributed by atoms with Gasteiger partial charge in [-0.15, -0.1) is 0 Å². The summed E-state index contributed by atoms with van der Waals surface area (Å²) in [4.78, 5) is 0. The van der Waals surface area contributed by atoms with Crippen molar-refractivity contribution in [1.82, 2.24) is 0 Å². The second kappa shape index (κ2) is 4.68. The molecule has 1 nitrogen and oxygen atoms in total. The maximum Gasteiger partial charge on any atom is 1.00 e. The van der Waals surface area contributed by atoms with E-state index in [0.717, 1.165) is 0 Å². The van der Waals surface area contributed by atoms with Crippen LogP contribution in [0.2, 0.25) is 0 Å². The fraction of sp³-hybridized carbons (Fsp3) is 1.00. The zero-order chi connectivity index (χ0) is 12.0. The number of alkyl halides is 9. The Morgan fingerprint density at radius 2 is 0.667 bits per heavy atom. The Hall–Kier alpha value is 0.966. The van der Waals surface area contributed by atoms with Crippen molar-refractivity contribution in [3.8, 4) is 0 Å². The van der Waals surface area contributed by atoms with Crippen LogP contribution in [-0.4, -0.2) is 24.1 Å². The number of hydrogen-bond acceptors (Lipinski definition) is 1. The maximum atomic E-state index is 11.3. The van der Waals surface area contributed by atoms with Gasteiger partial charge in [-0.1, -0.05) is 0 Å². The average molecular weight is 274 g/mol. The van der Waals surface area contributed by atoms with Crippen LogP contribution in [0.4, 0.5) is 39.5 Å². The van der Waals surface area contributed by atoms with Gasteiger partial charge in [0.1, 0.15) is 0 Å². The van der Waals surface area contributed by atoms with Gasteiger partial charge in [0.15, 0.2) is 5.60 Å². The van der Waals surface area contributed by atoms with Crippen LogP contribution in [0.15, 0.2) is 0 Å². The molecule has 0 aromatic rings. The van der Waals surface area contributed by atoms with Crippen molar-refractivity contribution < 1.29 is 96.0 Å². The van der Waals surface area contributed by atoms with Crippen molar-refractivity contribution in [2.24, 2.45) is 0 Å². The van der Waals surface area contributed by atoms with E-state index in [0.29, 0.717) is 0 Å². The molecule has 0 aliphatic carbocycles. The van der Waals surface area contributed by atoms with Gasteiger partial charge in [-0.25, -0.2) is 0 Å². The van der Waals surface area contributed by atoms with Gasteiger partial charge in [0.2, 0.25) is 0 Å². The summed E-state index contributed by atoms with van der Waals surface area (Å²) in [5, 5.41) is 9.79. The summed E-state index contributed by atoms with van der Waals surface area (Å²) in [7, 11) is 0. The van der Waals surface area contributed by atoms with E-state index in [4.69, 9.17) is 0 Å². The normalized spacial score (nSPS) is 14.8. The minimum atomic E-state index is -6.98. The Kier molecular flexibility index (Phi) is 5.72. The third kappa shape index (κ3) is 3.22. The van der Waals surface area contributed by atoms with E-state index < -0.39 is 24.1 Å². The van der Waals surface area contributed by atoms with E-state index in [1.165, 1.54) is 0 Å². The van der Waals surface area contributed by atoms with Gasteiger partial charge < -0.3 is 5.11 Å². The van der Waals surface area contributed by atoms with Crippen molar-refractivity contribution in [3.05, 3.63) is 0 Å². The van der Waals surface area contributed by atoms with E-state index >= 15 is 0 Å². The molecule has 0 heterocycles. The quantitative estimate of drug-likeness (QED) is 0.401. The Morgan fingerprint density at radius 3 is 0.667 bits per heavy atom. The molecule has 0 N–H and O–H groups in total. The molecule has 0 spiro atoms. The molecule has 0 atom stereocenters. The van der Waals surface area contributed by atoms with E-state index in [2.05, 4.69) is 0 Å². The molecule has 0 aliphatic heterocycles. The molecule has 0 radical (unpaired) electrons. The Balaban J connectivity index is 0. The second-order valence-corrected chi connectivity index (χ2v) is 2.17. The molecule has 0 aliphatic rings. The van der Waals surface area contributed by atoms with Gasteiger partial charge in [0.25, 0.3) is 0 Å². The van der Waals surface area contributed by atoms with E-state index in [1.807, 2.05) is 0 Å². The molecule has 0 unspecified atom stereocenters. The molecule has 0 amide bonds. The predicted octanol–water partition coefficient (Wildman–Crippen LogP) is -1.22. The standard InChI is InChI=1S/C4F9O.K/c5-2(6,7)1(14,3(8,9)10)4(11,12)13;/q-1;+1. The van der Waals surface area contributed by atoms with Gasteiger partial charge in [-0.2, -0.15) is 39.5 Å². The fourth-order valence-electron chi connectivity index (χ4n) is 0.482. The summed E-state index contributed by atoms with van der Waals surface area (Å²) < 4.78 is 102. The first-order valence-corrected chi connectivity index (χ1v) is 2.65. The third-order valence-electron chi connectivity index (χ3n) is 1.20. The summed E-state index contributed by atoms with van der Waals surface area (Å²) in [6, 6.07) is 0. The Labute approximate surface area is 119 Å². The number of rotatable bonds is 0. The molecule has 0 fully saturated rings. The Bertz CT molecular complexity index is 176. The maximum absolute atomic E-state index is 11.3. The number of hydrogen-bond donors (Lipinski definition) is 0. The first-order valence-electron chi connectivity index (χ1n) is 2.65. The molecule has 0 saturated carbocycles. The number of halogens is 9. The van der Waals surface area contributed by atoms with Crippen LogP contribution < -0.4 is 56.5 Å². The summed E-state index contributed by atoms with van der Waals surface area (Å²) in [6.45, 7) is 0. The molecule has 86 valence electrons. The first-order chi connectivity index (χ1) is 5.75. The SMILES string of the molecule is [K+].[O-]C(C(F)(F)F)(C(F)(F)F)C(F)(F)F. The summed E-state index contributed by atoms with van der Waals surface area (Å²) in [6.07, 6.45) is -20.9. The van der Waals surface area contributed by atoms with Gasteiger partial charge >= 0.3 is 69.9 Å². The molecule has 0 bridgehead atoms. The van der Waals surface area contributed by atoms with Gasteiger partial charge in [0, 0.05) is 0 Å². The van der Waals surface area contributed by atoms with Crippen molar-refractivity contribution in [3.63, 3.8) is 0 Å². The molecule has 0 aromatic carbocycles. The van der Waals surface area contributed by atoms with Crippen molar-refractivity contribution in [2.45, 2.75) is 24.1 Å². The minimum absolute atomic E-state index is 0.